The first-order chi connectivity index (χ1) is 20.6. The largest absolute Gasteiger partial charge is 0.490 e. The second kappa shape index (κ2) is 16.3. The van der Waals surface area contributed by atoms with E-state index in [0.717, 1.165) is 63.7 Å². The van der Waals surface area contributed by atoms with Crippen LogP contribution in [0.25, 0.3) is 0 Å². The highest BCUT2D eigenvalue weighted by atomic mass is 79.9. The van der Waals surface area contributed by atoms with Gasteiger partial charge in [-0.25, -0.2) is 0 Å². The van der Waals surface area contributed by atoms with Crippen LogP contribution in [-0.2, 0) is 23.4 Å². The Labute approximate surface area is 269 Å². The van der Waals surface area contributed by atoms with Crippen LogP contribution in [0.2, 0.25) is 18.1 Å². The van der Waals surface area contributed by atoms with E-state index in [1.165, 1.54) is 0 Å². The van der Waals surface area contributed by atoms with Crippen LogP contribution in [0.15, 0.2) is 30.3 Å². The van der Waals surface area contributed by atoms with Crippen LogP contribution in [-0.4, -0.2) is 63.9 Å². The highest BCUT2D eigenvalue weighted by molar-refractivity contribution is 9.09. The van der Waals surface area contributed by atoms with Crippen LogP contribution in [0.4, 0.5) is 0 Å². The third-order valence-electron chi connectivity index (χ3n) is 9.19. The van der Waals surface area contributed by atoms with Crippen LogP contribution in [0, 0.1) is 36.0 Å². The molecule has 2 saturated heterocycles. The zero-order valence-corrected chi connectivity index (χ0v) is 29.3. The van der Waals surface area contributed by atoms with Crippen LogP contribution < -0.4 is 4.74 Å². The van der Waals surface area contributed by atoms with E-state index in [-0.39, 0.29) is 46.5 Å². The van der Waals surface area contributed by atoms with Crippen molar-refractivity contribution in [3.63, 3.8) is 0 Å². The first-order valence-corrected chi connectivity index (χ1v) is 19.9. The van der Waals surface area contributed by atoms with Crippen molar-refractivity contribution in [2.24, 2.45) is 11.8 Å². The van der Waals surface area contributed by atoms with Crippen molar-refractivity contribution in [2.45, 2.75) is 126 Å². The van der Waals surface area contributed by atoms with Crippen molar-refractivity contribution in [3.8, 4) is 29.9 Å². The van der Waals surface area contributed by atoms with E-state index in [9.17, 15) is 0 Å². The molecule has 4 rings (SSSR count). The number of alkyl halides is 1. The molecule has 1 aliphatic carbocycles. The number of ether oxygens (including phenoxy) is 5. The molecule has 2 heterocycles. The van der Waals surface area contributed by atoms with E-state index < -0.39 is 14.4 Å². The van der Waals surface area contributed by atoms with Crippen molar-refractivity contribution >= 4 is 24.2 Å². The summed E-state index contributed by atoms with van der Waals surface area (Å²) in [5.41, 5.74) is 0. The number of hydrogen-bond acceptors (Lipinski definition) is 6. The molecular weight excluding hydrogens is 624 g/mol. The summed E-state index contributed by atoms with van der Waals surface area (Å²) in [7, 11) is -2.07. The van der Waals surface area contributed by atoms with Crippen molar-refractivity contribution in [1.82, 2.24) is 0 Å². The molecule has 0 aromatic heterocycles. The predicted octanol–water partition coefficient (Wildman–Crippen LogP) is 7.71. The summed E-state index contributed by atoms with van der Waals surface area (Å²) in [6.07, 6.45) is 12.4. The van der Waals surface area contributed by atoms with Gasteiger partial charge in [-0.15, -0.1) is 6.42 Å². The van der Waals surface area contributed by atoms with Gasteiger partial charge >= 0.3 is 0 Å². The zero-order valence-electron chi connectivity index (χ0n) is 26.7. The number of para-hydroxylation sites is 1. The van der Waals surface area contributed by atoms with Gasteiger partial charge in [0.05, 0.1) is 23.0 Å². The van der Waals surface area contributed by atoms with Gasteiger partial charge in [0.1, 0.15) is 12.4 Å². The molecule has 8 heteroatoms. The summed E-state index contributed by atoms with van der Waals surface area (Å²) < 4.78 is 38.2. The molecule has 1 saturated carbocycles. The standard InChI is InChI=1S/C35H51BrO6Si/c1-7-26(36)23-30-29(20-19-28(40-33-17-11-13-21-37-33)25-39-27-15-9-8-10-16-27)31(41-34-18-12-14-22-38-34)24-32(30)42-43(5,6)35(2,3)4/h1,8-10,15-16,26,28-34H,11-14,17-18,21-25H2,2-6H3/t26-,28-,29+,30+,31+,32-,33?,34?/m0/s1. The normalized spacial score (nSPS) is 29.6. The predicted molar refractivity (Wildman–Crippen MR) is 176 cm³/mol. The van der Waals surface area contributed by atoms with Gasteiger partial charge in [-0.05, 0) is 75.2 Å². The second-order valence-electron chi connectivity index (χ2n) is 13.5. The fraction of sp³-hybridized carbons (Fsp3) is 0.714. The summed E-state index contributed by atoms with van der Waals surface area (Å²) in [5.74, 6) is 10.8. The molecule has 6 nitrogen and oxygen atoms in total. The minimum Gasteiger partial charge on any atom is -0.490 e. The van der Waals surface area contributed by atoms with E-state index >= 15 is 0 Å². The van der Waals surface area contributed by atoms with Crippen molar-refractivity contribution in [2.75, 3.05) is 19.8 Å². The minimum absolute atomic E-state index is 0.0104. The molecule has 0 amide bonds. The number of benzene rings is 1. The van der Waals surface area contributed by atoms with Gasteiger partial charge in [0.25, 0.3) is 0 Å². The molecule has 0 spiro atoms. The van der Waals surface area contributed by atoms with Crippen LogP contribution >= 0.6 is 15.9 Å². The fourth-order valence-electron chi connectivity index (χ4n) is 5.70. The van der Waals surface area contributed by atoms with Gasteiger partial charge in [0.15, 0.2) is 27.0 Å². The van der Waals surface area contributed by atoms with Gasteiger partial charge < -0.3 is 28.1 Å². The minimum atomic E-state index is -2.07. The van der Waals surface area contributed by atoms with E-state index in [0.29, 0.717) is 13.2 Å². The van der Waals surface area contributed by atoms with Crippen LogP contribution in [0.3, 0.4) is 0 Å². The Morgan fingerprint density at radius 2 is 1.67 bits per heavy atom. The molecule has 2 aliphatic heterocycles. The Kier molecular flexibility index (Phi) is 13.1. The summed E-state index contributed by atoms with van der Waals surface area (Å²) in [6, 6.07) is 9.79. The molecule has 1 aromatic rings. The Morgan fingerprint density at radius 3 is 2.28 bits per heavy atom. The molecule has 238 valence electrons. The van der Waals surface area contributed by atoms with E-state index in [1.54, 1.807) is 0 Å². The molecule has 8 atom stereocenters. The monoisotopic (exact) mass is 674 g/mol. The van der Waals surface area contributed by atoms with Crippen LogP contribution in [0.1, 0.15) is 72.1 Å². The SMILES string of the molecule is C#C[C@H](Br)C[C@@H]1[C@@H](C#C[C@@H](COc2ccccc2)OC2CCCCO2)[C@H](OC2CCCCO2)C[C@@H]1O[Si](C)(C)C(C)(C)C. The molecule has 0 radical (unpaired) electrons. The number of rotatable bonds is 11. The number of hydrogen-bond donors (Lipinski definition) is 0. The first-order valence-electron chi connectivity index (χ1n) is 16.1. The second-order valence-corrected chi connectivity index (χ2v) is 19.4. The Morgan fingerprint density at radius 1 is 1.00 bits per heavy atom. The molecule has 2 unspecified atom stereocenters. The van der Waals surface area contributed by atoms with E-state index in [1.807, 2.05) is 30.3 Å². The Hall–Kier alpha value is -1.36. The van der Waals surface area contributed by atoms with Gasteiger partial charge in [0, 0.05) is 25.6 Å². The lowest BCUT2D eigenvalue weighted by Crippen LogP contribution is -2.45. The summed E-state index contributed by atoms with van der Waals surface area (Å²) in [6.45, 7) is 13.2. The van der Waals surface area contributed by atoms with Crippen LogP contribution in [0.5, 0.6) is 5.75 Å². The molecule has 1 aromatic carbocycles. The summed E-state index contributed by atoms with van der Waals surface area (Å²) >= 11 is 3.72. The molecule has 43 heavy (non-hydrogen) atoms. The molecule has 0 bridgehead atoms. The molecular formula is C35H51BrO6Si. The average molecular weight is 676 g/mol. The Bertz CT molecular complexity index is 1080. The quantitative estimate of drug-likeness (QED) is 0.136. The smallest absolute Gasteiger partial charge is 0.192 e. The average Bonchev–Trinajstić information content (AvgIpc) is 3.29. The molecule has 3 aliphatic rings. The number of halogens is 1. The Balaban J connectivity index is 1.62. The fourth-order valence-corrected chi connectivity index (χ4v) is 7.51. The maximum Gasteiger partial charge on any atom is 0.192 e. The highest BCUT2D eigenvalue weighted by Gasteiger charge is 2.49. The van der Waals surface area contributed by atoms with E-state index in [4.69, 9.17) is 34.5 Å². The third-order valence-corrected chi connectivity index (χ3v) is 14.3. The lowest BCUT2D eigenvalue weighted by Gasteiger charge is -2.40. The maximum atomic E-state index is 7.09. The third kappa shape index (κ3) is 10.3. The molecule has 0 N–H and O–H groups in total. The lowest BCUT2D eigenvalue weighted by atomic mass is 9.89. The first kappa shape index (κ1) is 34.5. The lowest BCUT2D eigenvalue weighted by molar-refractivity contribution is -0.192. The summed E-state index contributed by atoms with van der Waals surface area (Å²) in [4.78, 5) is -0.0823. The topological polar surface area (TPSA) is 55.4 Å². The number of terminal acetylenes is 1. The van der Waals surface area contributed by atoms with Gasteiger partial charge in [-0.2, -0.15) is 0 Å². The van der Waals surface area contributed by atoms with Crippen molar-refractivity contribution in [3.05, 3.63) is 30.3 Å². The van der Waals surface area contributed by atoms with Gasteiger partial charge in [-0.1, -0.05) is 72.7 Å². The van der Waals surface area contributed by atoms with E-state index in [2.05, 4.69) is 67.6 Å². The van der Waals surface area contributed by atoms with Gasteiger partial charge in [0.2, 0.25) is 0 Å². The van der Waals surface area contributed by atoms with Gasteiger partial charge in [-0.3, -0.25) is 0 Å². The maximum absolute atomic E-state index is 7.09. The zero-order chi connectivity index (χ0) is 30.9. The summed E-state index contributed by atoms with van der Waals surface area (Å²) in [5, 5.41) is 0.0811. The molecule has 3 fully saturated rings. The van der Waals surface area contributed by atoms with Crippen molar-refractivity contribution < 1.29 is 28.1 Å². The van der Waals surface area contributed by atoms with Crippen molar-refractivity contribution in [1.29, 1.82) is 0 Å². The highest BCUT2D eigenvalue weighted by Crippen LogP contribution is 2.45.